The number of aryl methyl sites for hydroxylation is 3. The van der Waals surface area contributed by atoms with Crippen molar-refractivity contribution in [2.24, 2.45) is 0 Å². The normalized spacial score (nSPS) is 10.6. The summed E-state index contributed by atoms with van der Waals surface area (Å²) < 4.78 is 0. The van der Waals surface area contributed by atoms with Gasteiger partial charge in [-0.1, -0.05) is 44.2 Å². The molecular formula is C23H30N2O2. The molecule has 2 amide bonds. The third-order valence-corrected chi connectivity index (χ3v) is 4.84. The second-order valence-corrected chi connectivity index (χ2v) is 6.71. The summed E-state index contributed by atoms with van der Waals surface area (Å²) in [6.45, 7) is 10.2. The van der Waals surface area contributed by atoms with Crippen molar-refractivity contribution in [3.8, 4) is 0 Å². The molecule has 0 aliphatic rings. The number of hydrogen-bond acceptors (Lipinski definition) is 2. The lowest BCUT2D eigenvalue weighted by atomic mass is 10.0. The van der Waals surface area contributed by atoms with E-state index in [0.717, 1.165) is 40.9 Å². The highest BCUT2D eigenvalue weighted by Crippen LogP contribution is 2.28. The first kappa shape index (κ1) is 20.7. The molecule has 0 N–H and O–H groups in total. The Morgan fingerprint density at radius 1 is 0.889 bits per heavy atom. The number of amides is 2. The maximum absolute atomic E-state index is 13.1. The maximum Gasteiger partial charge on any atom is 0.247 e. The van der Waals surface area contributed by atoms with Crippen LogP contribution in [0.4, 0.5) is 11.4 Å². The van der Waals surface area contributed by atoms with Crippen LogP contribution in [0.3, 0.4) is 0 Å². The highest BCUT2D eigenvalue weighted by atomic mass is 16.2. The van der Waals surface area contributed by atoms with Crippen LogP contribution in [0, 0.1) is 6.92 Å². The minimum atomic E-state index is -0.112. The number of para-hydroxylation sites is 1. The van der Waals surface area contributed by atoms with Crippen LogP contribution in [-0.4, -0.2) is 24.9 Å². The summed E-state index contributed by atoms with van der Waals surface area (Å²) in [5, 5.41) is 0. The first-order valence-electron chi connectivity index (χ1n) is 9.68. The van der Waals surface area contributed by atoms with Gasteiger partial charge in [-0.25, -0.2) is 0 Å². The Hall–Kier alpha value is -2.62. The lowest BCUT2D eigenvalue weighted by molar-refractivity contribution is -0.121. The van der Waals surface area contributed by atoms with E-state index in [1.54, 1.807) is 9.80 Å². The van der Waals surface area contributed by atoms with E-state index in [4.69, 9.17) is 0 Å². The predicted octanol–water partition coefficient (Wildman–Crippen LogP) is 4.53. The first-order valence-corrected chi connectivity index (χ1v) is 9.68. The molecule has 0 unspecified atom stereocenters. The molecule has 27 heavy (non-hydrogen) atoms. The molecule has 4 heteroatoms. The number of nitrogens with zero attached hydrogens (tertiary/aromatic N) is 2. The molecule has 0 radical (unpaired) electrons. The Kier molecular flexibility index (Phi) is 7.17. The second-order valence-electron chi connectivity index (χ2n) is 6.71. The fourth-order valence-corrected chi connectivity index (χ4v) is 3.43. The number of rotatable bonds is 7. The number of carbonyl (C=O) groups is 2. The monoisotopic (exact) mass is 366 g/mol. The minimum absolute atomic E-state index is 0.0428. The molecular weight excluding hydrogens is 336 g/mol. The number of benzene rings is 2. The third-order valence-electron chi connectivity index (χ3n) is 4.84. The number of likely N-dealkylation sites (N-methyl/N-ethyl adjacent to an activating group) is 1. The molecule has 0 spiro atoms. The SMILES string of the molecule is CCc1cccc(CC)c1N(CC(=O)N(CC)c1cccc(C)c1)C(C)=O. The molecule has 0 saturated heterocycles. The standard InChI is InChI=1S/C23H30N2O2/c1-6-19-12-10-13-20(7-2)23(19)25(18(5)26)16-22(27)24(8-3)21-14-9-11-17(4)15-21/h9-15H,6-8,16H2,1-5H3. The van der Waals surface area contributed by atoms with Crippen LogP contribution in [0.2, 0.25) is 0 Å². The van der Waals surface area contributed by atoms with Gasteiger partial charge in [0.1, 0.15) is 6.54 Å². The van der Waals surface area contributed by atoms with Gasteiger partial charge < -0.3 is 9.80 Å². The zero-order valence-corrected chi connectivity index (χ0v) is 17.1. The second kappa shape index (κ2) is 9.36. The van der Waals surface area contributed by atoms with Crippen LogP contribution >= 0.6 is 0 Å². The molecule has 0 aliphatic carbocycles. The van der Waals surface area contributed by atoms with E-state index < -0.39 is 0 Å². The summed E-state index contributed by atoms with van der Waals surface area (Å²) in [6.07, 6.45) is 1.63. The van der Waals surface area contributed by atoms with Crippen LogP contribution in [0.25, 0.3) is 0 Å². The fourth-order valence-electron chi connectivity index (χ4n) is 3.43. The Morgan fingerprint density at radius 2 is 1.48 bits per heavy atom. The summed E-state index contributed by atoms with van der Waals surface area (Å²) in [6, 6.07) is 14.0. The van der Waals surface area contributed by atoms with Crippen molar-refractivity contribution in [3.05, 3.63) is 59.2 Å². The highest BCUT2D eigenvalue weighted by molar-refractivity contribution is 6.03. The predicted molar refractivity (Wildman–Crippen MR) is 112 cm³/mol. The molecule has 2 rings (SSSR count). The molecule has 2 aromatic carbocycles. The van der Waals surface area contributed by atoms with Crippen LogP contribution in [0.5, 0.6) is 0 Å². The van der Waals surface area contributed by atoms with Crippen molar-refractivity contribution >= 4 is 23.2 Å². The topological polar surface area (TPSA) is 40.6 Å². The Bertz CT molecular complexity index is 792. The van der Waals surface area contributed by atoms with Gasteiger partial charge in [0.15, 0.2) is 0 Å². The number of hydrogen-bond donors (Lipinski definition) is 0. The van der Waals surface area contributed by atoms with Crippen LogP contribution in [-0.2, 0) is 22.4 Å². The molecule has 0 heterocycles. The summed E-state index contributed by atoms with van der Waals surface area (Å²) in [4.78, 5) is 29.0. The Morgan fingerprint density at radius 3 is 1.96 bits per heavy atom. The average molecular weight is 367 g/mol. The molecule has 0 saturated carbocycles. The van der Waals surface area contributed by atoms with Crippen molar-refractivity contribution in [3.63, 3.8) is 0 Å². The lowest BCUT2D eigenvalue weighted by Crippen LogP contribution is -2.43. The largest absolute Gasteiger partial charge is 0.311 e. The van der Waals surface area contributed by atoms with E-state index in [0.29, 0.717) is 6.54 Å². The van der Waals surface area contributed by atoms with Crippen LogP contribution in [0.15, 0.2) is 42.5 Å². The van der Waals surface area contributed by atoms with E-state index >= 15 is 0 Å². The molecule has 144 valence electrons. The smallest absolute Gasteiger partial charge is 0.247 e. The molecule has 0 atom stereocenters. The third kappa shape index (κ3) is 4.76. The number of carbonyl (C=O) groups excluding carboxylic acids is 2. The zero-order valence-electron chi connectivity index (χ0n) is 17.1. The van der Waals surface area contributed by atoms with Crippen LogP contribution in [0.1, 0.15) is 44.4 Å². The van der Waals surface area contributed by atoms with E-state index in [1.807, 2.05) is 56.3 Å². The van der Waals surface area contributed by atoms with Crippen molar-refractivity contribution in [1.82, 2.24) is 0 Å². The molecule has 0 aromatic heterocycles. The fraction of sp³-hybridized carbons (Fsp3) is 0.391. The summed E-state index contributed by atoms with van der Waals surface area (Å²) in [5.74, 6) is -0.189. The van der Waals surface area contributed by atoms with E-state index in [2.05, 4.69) is 13.8 Å². The molecule has 2 aromatic rings. The van der Waals surface area contributed by atoms with E-state index in [9.17, 15) is 9.59 Å². The Labute approximate surface area is 162 Å². The molecule has 4 nitrogen and oxygen atoms in total. The first-order chi connectivity index (χ1) is 12.9. The molecule has 0 fully saturated rings. The van der Waals surface area contributed by atoms with Gasteiger partial charge in [0.05, 0.1) is 5.69 Å². The molecule has 0 bridgehead atoms. The van der Waals surface area contributed by atoms with Gasteiger partial charge in [0, 0.05) is 19.2 Å². The summed E-state index contributed by atoms with van der Waals surface area (Å²) in [7, 11) is 0. The minimum Gasteiger partial charge on any atom is -0.311 e. The van der Waals surface area contributed by atoms with Crippen molar-refractivity contribution in [2.75, 3.05) is 22.9 Å². The van der Waals surface area contributed by atoms with Gasteiger partial charge in [-0.3, -0.25) is 9.59 Å². The van der Waals surface area contributed by atoms with Crippen molar-refractivity contribution in [1.29, 1.82) is 0 Å². The van der Waals surface area contributed by atoms with Gasteiger partial charge in [0.2, 0.25) is 11.8 Å². The van der Waals surface area contributed by atoms with E-state index in [-0.39, 0.29) is 18.4 Å². The quantitative estimate of drug-likeness (QED) is 0.722. The highest BCUT2D eigenvalue weighted by Gasteiger charge is 2.24. The summed E-state index contributed by atoms with van der Waals surface area (Å²) >= 11 is 0. The van der Waals surface area contributed by atoms with Gasteiger partial charge >= 0.3 is 0 Å². The van der Waals surface area contributed by atoms with Gasteiger partial charge in [-0.2, -0.15) is 0 Å². The summed E-state index contributed by atoms with van der Waals surface area (Å²) in [5.41, 5.74) is 5.05. The van der Waals surface area contributed by atoms with Gasteiger partial charge in [0.25, 0.3) is 0 Å². The zero-order chi connectivity index (χ0) is 20.0. The van der Waals surface area contributed by atoms with Crippen molar-refractivity contribution < 1.29 is 9.59 Å². The van der Waals surface area contributed by atoms with Crippen LogP contribution < -0.4 is 9.80 Å². The Balaban J connectivity index is 2.39. The van der Waals surface area contributed by atoms with Gasteiger partial charge in [-0.05, 0) is 55.5 Å². The van der Waals surface area contributed by atoms with Crippen molar-refractivity contribution in [2.45, 2.75) is 47.5 Å². The average Bonchev–Trinajstić information content (AvgIpc) is 2.66. The van der Waals surface area contributed by atoms with E-state index in [1.165, 1.54) is 6.92 Å². The lowest BCUT2D eigenvalue weighted by Gasteiger charge is -2.29. The molecule has 0 aliphatic heterocycles. The maximum atomic E-state index is 13.1. The van der Waals surface area contributed by atoms with Gasteiger partial charge in [-0.15, -0.1) is 0 Å². The number of anilines is 2.